The maximum atomic E-state index is 12.6. The average molecular weight is 478 g/mol. The Labute approximate surface area is 195 Å². The molecule has 1 fully saturated rings. The summed E-state index contributed by atoms with van der Waals surface area (Å²) in [7, 11) is -3.97. The molecule has 0 radical (unpaired) electrons. The van der Waals surface area contributed by atoms with Crippen molar-refractivity contribution in [1.82, 2.24) is 5.32 Å². The van der Waals surface area contributed by atoms with Crippen LogP contribution in [0.2, 0.25) is 0 Å². The van der Waals surface area contributed by atoms with E-state index in [1.54, 1.807) is 32.9 Å². The van der Waals surface area contributed by atoms with E-state index in [1.165, 1.54) is 12.1 Å². The quantitative estimate of drug-likeness (QED) is 0.580. The number of carbonyl (C=O) groups is 1. The zero-order valence-corrected chi connectivity index (χ0v) is 20.1. The van der Waals surface area contributed by atoms with Crippen molar-refractivity contribution in [3.8, 4) is 0 Å². The van der Waals surface area contributed by atoms with Crippen molar-refractivity contribution in [3.63, 3.8) is 0 Å². The summed E-state index contributed by atoms with van der Waals surface area (Å²) >= 11 is 0. The van der Waals surface area contributed by atoms with Gasteiger partial charge >= 0.3 is 6.09 Å². The zero-order valence-electron chi connectivity index (χ0n) is 19.3. The van der Waals surface area contributed by atoms with Gasteiger partial charge in [0.25, 0.3) is 10.1 Å². The molecule has 2 aromatic rings. The number of amides is 1. The largest absolute Gasteiger partial charge is 0.444 e. The van der Waals surface area contributed by atoms with Crippen LogP contribution < -0.4 is 5.32 Å². The molecular weight excluding hydrogens is 446 g/mol. The van der Waals surface area contributed by atoms with E-state index in [-0.39, 0.29) is 24.7 Å². The highest BCUT2D eigenvalue weighted by atomic mass is 32.2. The number of aryl methyl sites for hydroxylation is 1. The van der Waals surface area contributed by atoms with Crippen LogP contribution in [0.4, 0.5) is 4.79 Å². The molecule has 1 saturated heterocycles. The van der Waals surface area contributed by atoms with Crippen molar-refractivity contribution < 1.29 is 31.6 Å². The highest BCUT2D eigenvalue weighted by Gasteiger charge is 2.41. The van der Waals surface area contributed by atoms with Crippen LogP contribution in [0.3, 0.4) is 0 Å². The number of carbonyl (C=O) groups excluding carboxylic acids is 1. The summed E-state index contributed by atoms with van der Waals surface area (Å²) in [5, 5.41) is 2.77. The minimum absolute atomic E-state index is 0.0660. The molecule has 1 aliphatic rings. The van der Waals surface area contributed by atoms with Gasteiger partial charge in [-0.05, 0) is 45.4 Å². The lowest BCUT2D eigenvalue weighted by Crippen LogP contribution is -2.48. The summed E-state index contributed by atoms with van der Waals surface area (Å²) in [4.78, 5) is 12.4. The topological polar surface area (TPSA) is 100 Å². The molecule has 33 heavy (non-hydrogen) atoms. The van der Waals surface area contributed by atoms with Crippen LogP contribution in [-0.4, -0.2) is 51.6 Å². The monoisotopic (exact) mass is 477 g/mol. The molecule has 1 heterocycles. The minimum Gasteiger partial charge on any atom is -0.444 e. The van der Waals surface area contributed by atoms with Gasteiger partial charge in [-0.2, -0.15) is 8.42 Å². The molecule has 1 N–H and O–H groups in total. The first-order chi connectivity index (χ1) is 15.5. The first kappa shape index (κ1) is 25.2. The van der Waals surface area contributed by atoms with E-state index in [1.807, 2.05) is 37.3 Å². The SMILES string of the molecule is Cc1ccc(S(=O)(=O)OC[C@@H]2OC[C@H](NC(=O)OC(C)(C)C)[C@H]2OCc2ccccc2)cc1. The van der Waals surface area contributed by atoms with Crippen molar-refractivity contribution in [2.45, 2.75) is 63.0 Å². The van der Waals surface area contributed by atoms with E-state index in [0.29, 0.717) is 0 Å². The number of benzene rings is 2. The Hall–Kier alpha value is -2.46. The van der Waals surface area contributed by atoms with Crippen LogP contribution >= 0.6 is 0 Å². The van der Waals surface area contributed by atoms with Gasteiger partial charge in [0.1, 0.15) is 17.8 Å². The molecule has 8 nitrogen and oxygen atoms in total. The van der Waals surface area contributed by atoms with Gasteiger partial charge < -0.3 is 19.5 Å². The van der Waals surface area contributed by atoms with E-state index in [2.05, 4.69) is 5.32 Å². The Balaban J connectivity index is 1.68. The number of rotatable bonds is 8. The number of hydrogen-bond acceptors (Lipinski definition) is 7. The van der Waals surface area contributed by atoms with Crippen LogP contribution in [0.5, 0.6) is 0 Å². The number of ether oxygens (including phenoxy) is 3. The predicted octanol–water partition coefficient (Wildman–Crippen LogP) is 3.58. The van der Waals surface area contributed by atoms with Gasteiger partial charge in [-0.25, -0.2) is 4.79 Å². The molecule has 180 valence electrons. The van der Waals surface area contributed by atoms with Gasteiger partial charge in [-0.15, -0.1) is 0 Å². The lowest BCUT2D eigenvalue weighted by molar-refractivity contribution is -0.0390. The van der Waals surface area contributed by atoms with E-state index in [9.17, 15) is 13.2 Å². The van der Waals surface area contributed by atoms with Crippen LogP contribution in [-0.2, 0) is 35.1 Å². The lowest BCUT2D eigenvalue weighted by Gasteiger charge is -2.26. The van der Waals surface area contributed by atoms with E-state index in [4.69, 9.17) is 18.4 Å². The van der Waals surface area contributed by atoms with Gasteiger partial charge in [-0.3, -0.25) is 4.18 Å². The number of alkyl carbamates (subject to hydrolysis) is 1. The molecule has 0 bridgehead atoms. The summed E-state index contributed by atoms with van der Waals surface area (Å²) in [6.07, 6.45) is -1.93. The first-order valence-corrected chi connectivity index (χ1v) is 12.2. The van der Waals surface area contributed by atoms with Gasteiger partial charge in [0.2, 0.25) is 0 Å². The summed E-state index contributed by atoms with van der Waals surface area (Å²) in [6.45, 7) is 7.34. The molecule has 0 saturated carbocycles. The summed E-state index contributed by atoms with van der Waals surface area (Å²) in [5.74, 6) is 0. The molecule has 0 aromatic heterocycles. The van der Waals surface area contributed by atoms with Crippen LogP contribution in [0.1, 0.15) is 31.9 Å². The Morgan fingerprint density at radius 2 is 1.76 bits per heavy atom. The third kappa shape index (κ3) is 7.53. The highest BCUT2D eigenvalue weighted by Crippen LogP contribution is 2.23. The van der Waals surface area contributed by atoms with Gasteiger partial charge in [0, 0.05) is 0 Å². The molecule has 2 aromatic carbocycles. The highest BCUT2D eigenvalue weighted by molar-refractivity contribution is 7.86. The first-order valence-electron chi connectivity index (χ1n) is 10.8. The summed E-state index contributed by atoms with van der Waals surface area (Å²) in [6, 6.07) is 15.4. The van der Waals surface area contributed by atoms with Crippen LogP contribution in [0.25, 0.3) is 0 Å². The normalized spacial score (nSPS) is 21.0. The van der Waals surface area contributed by atoms with Gasteiger partial charge in [0.05, 0.1) is 30.8 Å². The third-order valence-electron chi connectivity index (χ3n) is 4.94. The number of hydrogen-bond donors (Lipinski definition) is 1. The Morgan fingerprint density at radius 1 is 1.09 bits per heavy atom. The second-order valence-electron chi connectivity index (χ2n) is 8.94. The molecule has 1 amide bonds. The molecule has 3 atom stereocenters. The fraction of sp³-hybridized carbons (Fsp3) is 0.458. The molecule has 0 aliphatic carbocycles. The van der Waals surface area contributed by atoms with E-state index >= 15 is 0 Å². The molecule has 9 heteroatoms. The minimum atomic E-state index is -3.97. The average Bonchev–Trinajstić information content (AvgIpc) is 3.11. The third-order valence-corrected chi connectivity index (χ3v) is 6.23. The summed E-state index contributed by atoms with van der Waals surface area (Å²) < 4.78 is 47.6. The summed E-state index contributed by atoms with van der Waals surface area (Å²) in [5.41, 5.74) is 1.22. The fourth-order valence-electron chi connectivity index (χ4n) is 3.32. The predicted molar refractivity (Wildman–Crippen MR) is 122 cm³/mol. The van der Waals surface area contributed by atoms with Crippen molar-refractivity contribution in [1.29, 1.82) is 0 Å². The molecule has 1 aliphatic heterocycles. The Morgan fingerprint density at radius 3 is 2.39 bits per heavy atom. The van der Waals surface area contributed by atoms with E-state index < -0.39 is 40.1 Å². The molecule has 0 spiro atoms. The second kappa shape index (κ2) is 10.6. The maximum absolute atomic E-state index is 12.6. The van der Waals surface area contributed by atoms with E-state index in [0.717, 1.165) is 11.1 Å². The van der Waals surface area contributed by atoms with Crippen molar-refractivity contribution in [2.24, 2.45) is 0 Å². The second-order valence-corrected chi connectivity index (χ2v) is 10.6. The Bertz CT molecular complexity index is 1020. The zero-order chi connectivity index (χ0) is 24.1. The van der Waals surface area contributed by atoms with Crippen LogP contribution in [0, 0.1) is 6.92 Å². The Kier molecular flexibility index (Phi) is 8.12. The van der Waals surface area contributed by atoms with Crippen molar-refractivity contribution in [3.05, 3.63) is 65.7 Å². The molecular formula is C24H31NO7S. The fourth-order valence-corrected chi connectivity index (χ4v) is 4.24. The lowest BCUT2D eigenvalue weighted by atomic mass is 10.1. The van der Waals surface area contributed by atoms with Crippen molar-refractivity contribution >= 4 is 16.2 Å². The molecule has 0 unspecified atom stereocenters. The van der Waals surface area contributed by atoms with Gasteiger partial charge in [-0.1, -0.05) is 48.0 Å². The standard InChI is InChI=1S/C24H31NO7S/c1-17-10-12-19(13-11-17)33(27,28)31-16-21-22(30-14-18-8-6-5-7-9-18)20(15-29-21)25-23(26)32-24(2,3)4/h5-13,20-22H,14-16H2,1-4H3,(H,25,26)/t20-,21-,22+/m0/s1. The molecule has 3 rings (SSSR count). The van der Waals surface area contributed by atoms with Gasteiger partial charge in [0.15, 0.2) is 0 Å². The number of nitrogens with one attached hydrogen (secondary N) is 1. The smallest absolute Gasteiger partial charge is 0.408 e. The van der Waals surface area contributed by atoms with Crippen LogP contribution in [0.15, 0.2) is 59.5 Å². The van der Waals surface area contributed by atoms with Crippen molar-refractivity contribution in [2.75, 3.05) is 13.2 Å². The maximum Gasteiger partial charge on any atom is 0.408 e.